The highest BCUT2D eigenvalue weighted by atomic mass is 16.6. The Hall–Kier alpha value is -0.630. The molecule has 5 aliphatic rings. The number of carbonyl (C=O) groups is 1. The van der Waals surface area contributed by atoms with E-state index in [1.165, 1.54) is 44.1 Å². The van der Waals surface area contributed by atoms with E-state index in [-0.39, 0.29) is 11.0 Å². The number of allylic oxidation sites excluding steroid dienone is 1. The molecular formula is C30H48O2. The molecule has 0 N–H and O–H groups in total. The van der Waals surface area contributed by atoms with Gasteiger partial charge in [-0.1, -0.05) is 46.8 Å². The lowest BCUT2D eigenvalue weighted by Crippen LogP contribution is -2.63. The van der Waals surface area contributed by atoms with Crippen molar-refractivity contribution in [3.63, 3.8) is 0 Å². The quantitative estimate of drug-likeness (QED) is 0.330. The highest BCUT2D eigenvalue weighted by molar-refractivity contribution is 5.85. The van der Waals surface area contributed by atoms with Gasteiger partial charge in [-0.05, 0) is 112 Å². The minimum Gasteiger partial charge on any atom is -0.367 e. The molecule has 2 nitrogen and oxygen atoms in total. The summed E-state index contributed by atoms with van der Waals surface area (Å²) in [5.74, 6) is 3.33. The Morgan fingerprint density at radius 2 is 1.56 bits per heavy atom. The Labute approximate surface area is 197 Å². The third kappa shape index (κ3) is 2.96. The van der Waals surface area contributed by atoms with E-state index in [9.17, 15) is 4.79 Å². The van der Waals surface area contributed by atoms with Crippen molar-refractivity contribution in [2.75, 3.05) is 0 Å². The Morgan fingerprint density at radius 3 is 2.22 bits per heavy atom. The number of hydrogen-bond donors (Lipinski definition) is 0. The van der Waals surface area contributed by atoms with Gasteiger partial charge in [-0.2, -0.15) is 0 Å². The number of hydrogen-bond acceptors (Lipinski definition) is 2. The van der Waals surface area contributed by atoms with Crippen molar-refractivity contribution in [2.24, 2.45) is 45.3 Å². The van der Waals surface area contributed by atoms with E-state index in [1.807, 2.05) is 0 Å². The van der Waals surface area contributed by atoms with Crippen molar-refractivity contribution in [1.82, 2.24) is 0 Å². The number of Topliss-reactive ketones (excluding diaryl/α,β-unsaturated/α-hetero) is 1. The molecule has 0 bridgehead atoms. The highest BCUT2D eigenvalue weighted by Crippen LogP contribution is 2.75. The Kier molecular flexibility index (Phi) is 5.03. The standard InChI is InChI=1S/C30H48O2/c1-19(9-12-25-27(4,5)32-25)20-13-17-29(7)21(20)10-11-23-28(6)16-15-24(31)26(2,3)22(28)14-18-30(23,29)8/h20-23,25H,1,9-18H2,2-8H3/t20-,21+,22-,23-,25-,28+,29+,30-/m1/s1. The van der Waals surface area contributed by atoms with Crippen LogP contribution in [0.2, 0.25) is 0 Å². The maximum atomic E-state index is 12.9. The first kappa shape index (κ1) is 23.1. The lowest BCUT2D eigenvalue weighted by atomic mass is 9.35. The van der Waals surface area contributed by atoms with Crippen molar-refractivity contribution in [3.8, 4) is 0 Å². The number of ether oxygens (including phenoxy) is 1. The summed E-state index contributed by atoms with van der Waals surface area (Å²) in [5, 5.41) is 0. The second-order valence-corrected chi connectivity index (χ2v) is 14.4. The van der Waals surface area contributed by atoms with Crippen LogP contribution in [0.15, 0.2) is 12.2 Å². The monoisotopic (exact) mass is 440 g/mol. The zero-order valence-corrected chi connectivity index (χ0v) is 22.0. The van der Waals surface area contributed by atoms with E-state index < -0.39 is 0 Å². The summed E-state index contributed by atoms with van der Waals surface area (Å²) >= 11 is 0. The Balaban J connectivity index is 1.37. The number of epoxide rings is 1. The predicted octanol–water partition coefficient (Wildman–Crippen LogP) is 7.75. The maximum Gasteiger partial charge on any atom is 0.138 e. The molecule has 0 aromatic rings. The minimum atomic E-state index is -0.142. The normalized spacial score (nSPS) is 50.8. The van der Waals surface area contributed by atoms with Crippen molar-refractivity contribution >= 4 is 5.78 Å². The van der Waals surface area contributed by atoms with E-state index in [2.05, 4.69) is 55.0 Å². The fraction of sp³-hybridized carbons (Fsp3) is 0.900. The zero-order chi connectivity index (χ0) is 23.3. The van der Waals surface area contributed by atoms with Crippen molar-refractivity contribution in [3.05, 3.63) is 12.2 Å². The molecule has 0 aromatic carbocycles. The van der Waals surface area contributed by atoms with E-state index >= 15 is 0 Å². The third-order valence-corrected chi connectivity index (χ3v) is 12.6. The van der Waals surface area contributed by atoms with Gasteiger partial charge in [-0.15, -0.1) is 0 Å². The molecule has 8 atom stereocenters. The molecule has 1 aliphatic heterocycles. The molecule has 1 heterocycles. The molecule has 32 heavy (non-hydrogen) atoms. The summed E-state index contributed by atoms with van der Waals surface area (Å²) in [6.45, 7) is 21.5. The van der Waals surface area contributed by atoms with E-state index in [0.717, 1.165) is 37.5 Å². The van der Waals surface area contributed by atoms with E-state index in [4.69, 9.17) is 4.74 Å². The van der Waals surface area contributed by atoms with Crippen LogP contribution in [-0.2, 0) is 9.53 Å². The Morgan fingerprint density at radius 1 is 0.906 bits per heavy atom. The topological polar surface area (TPSA) is 29.6 Å². The molecule has 5 rings (SSSR count). The maximum absolute atomic E-state index is 12.9. The average molecular weight is 441 g/mol. The van der Waals surface area contributed by atoms with Crippen LogP contribution < -0.4 is 0 Å². The molecule has 0 radical (unpaired) electrons. The predicted molar refractivity (Wildman–Crippen MR) is 131 cm³/mol. The number of fused-ring (bicyclic) bond motifs is 5. The second-order valence-electron chi connectivity index (χ2n) is 14.4. The highest BCUT2D eigenvalue weighted by Gasteiger charge is 2.68. The van der Waals surface area contributed by atoms with Crippen LogP contribution in [0.25, 0.3) is 0 Å². The van der Waals surface area contributed by atoms with Gasteiger partial charge in [0.15, 0.2) is 0 Å². The smallest absolute Gasteiger partial charge is 0.138 e. The zero-order valence-electron chi connectivity index (χ0n) is 22.0. The molecule has 1 saturated heterocycles. The molecule has 0 aromatic heterocycles. The van der Waals surface area contributed by atoms with Gasteiger partial charge in [0.2, 0.25) is 0 Å². The van der Waals surface area contributed by atoms with Crippen molar-refractivity contribution < 1.29 is 9.53 Å². The summed E-state index contributed by atoms with van der Waals surface area (Å²) < 4.78 is 5.85. The van der Waals surface area contributed by atoms with Gasteiger partial charge in [0.1, 0.15) is 5.78 Å². The van der Waals surface area contributed by atoms with Crippen LogP contribution in [-0.4, -0.2) is 17.5 Å². The van der Waals surface area contributed by atoms with Crippen LogP contribution in [0.5, 0.6) is 0 Å². The molecule has 5 fully saturated rings. The molecule has 0 amide bonds. The lowest BCUT2D eigenvalue weighted by Gasteiger charge is -2.69. The molecule has 0 unspecified atom stereocenters. The van der Waals surface area contributed by atoms with Gasteiger partial charge in [-0.3, -0.25) is 4.79 Å². The minimum absolute atomic E-state index is 0.0965. The molecule has 180 valence electrons. The van der Waals surface area contributed by atoms with Gasteiger partial charge < -0.3 is 4.74 Å². The van der Waals surface area contributed by atoms with Gasteiger partial charge in [0.05, 0.1) is 11.7 Å². The molecule has 0 spiro atoms. The van der Waals surface area contributed by atoms with Crippen LogP contribution >= 0.6 is 0 Å². The van der Waals surface area contributed by atoms with E-state index in [1.54, 1.807) is 0 Å². The SMILES string of the molecule is C=C(CC[C@H]1OC1(C)C)[C@H]1CC[C@@]2(C)[C@H]1CC[C@@H]1[C@@]3(C)CCC(=O)C(C)(C)[C@H]3CC[C@]12C. The summed E-state index contributed by atoms with van der Waals surface area (Å²) in [5.41, 5.74) is 2.60. The first-order valence-electron chi connectivity index (χ1n) is 13.7. The molecule has 4 saturated carbocycles. The average Bonchev–Trinajstić information content (AvgIpc) is 3.15. The van der Waals surface area contributed by atoms with Crippen LogP contribution in [0, 0.1) is 45.3 Å². The fourth-order valence-electron chi connectivity index (χ4n) is 10.3. The first-order chi connectivity index (χ1) is 14.8. The number of rotatable bonds is 4. The fourth-order valence-corrected chi connectivity index (χ4v) is 10.3. The summed E-state index contributed by atoms with van der Waals surface area (Å²) in [7, 11) is 0. The van der Waals surface area contributed by atoms with Gasteiger partial charge in [-0.25, -0.2) is 0 Å². The van der Waals surface area contributed by atoms with Crippen LogP contribution in [0.4, 0.5) is 0 Å². The van der Waals surface area contributed by atoms with Crippen LogP contribution in [0.1, 0.15) is 113 Å². The van der Waals surface area contributed by atoms with Crippen LogP contribution in [0.3, 0.4) is 0 Å². The Bertz CT molecular complexity index is 823. The second kappa shape index (κ2) is 6.96. The largest absolute Gasteiger partial charge is 0.367 e. The number of carbonyl (C=O) groups excluding carboxylic acids is 1. The first-order valence-corrected chi connectivity index (χ1v) is 13.7. The van der Waals surface area contributed by atoms with Crippen molar-refractivity contribution in [1.29, 1.82) is 0 Å². The van der Waals surface area contributed by atoms with Gasteiger partial charge in [0, 0.05) is 11.8 Å². The lowest BCUT2D eigenvalue weighted by molar-refractivity contribution is -0.201. The van der Waals surface area contributed by atoms with Crippen molar-refractivity contribution in [2.45, 2.75) is 124 Å². The number of ketones is 1. The summed E-state index contributed by atoms with van der Waals surface area (Å²) in [6, 6.07) is 0. The van der Waals surface area contributed by atoms with Gasteiger partial charge >= 0.3 is 0 Å². The van der Waals surface area contributed by atoms with E-state index in [0.29, 0.717) is 40.0 Å². The molecule has 4 aliphatic carbocycles. The summed E-state index contributed by atoms with van der Waals surface area (Å²) in [4.78, 5) is 12.9. The molecule has 2 heteroatoms. The third-order valence-electron chi connectivity index (χ3n) is 12.6. The van der Waals surface area contributed by atoms with Gasteiger partial charge in [0.25, 0.3) is 0 Å². The summed E-state index contributed by atoms with van der Waals surface area (Å²) in [6.07, 6.45) is 12.6. The molecular weight excluding hydrogens is 392 g/mol.